The first-order valence-corrected chi connectivity index (χ1v) is 7.65. The molecule has 7 heteroatoms. The van der Waals surface area contributed by atoms with Crippen molar-refractivity contribution in [1.29, 1.82) is 0 Å². The summed E-state index contributed by atoms with van der Waals surface area (Å²) in [4.78, 5) is 11.3. The Labute approximate surface area is 114 Å². The minimum Gasteiger partial charge on any atom is -0.465 e. The molecule has 0 atom stereocenters. The maximum Gasteiger partial charge on any atom is 0.337 e. The number of ether oxygens (including phenoxy) is 1. The average molecular weight is 297 g/mol. The lowest BCUT2D eigenvalue weighted by Crippen LogP contribution is -2.11. The molecule has 1 aromatic carbocycles. The Morgan fingerprint density at radius 1 is 1.21 bits per heavy atom. The summed E-state index contributed by atoms with van der Waals surface area (Å²) in [5.41, 5.74) is 1.61. The summed E-state index contributed by atoms with van der Waals surface area (Å²) in [5.74, 6) is -0.441. The third-order valence-corrected chi connectivity index (χ3v) is 4.93. The Balaban J connectivity index is 2.44. The molecule has 1 aromatic heterocycles. The second-order valence-corrected chi connectivity index (χ2v) is 6.41. The number of sulfonamides is 1. The maximum absolute atomic E-state index is 11.4. The van der Waals surface area contributed by atoms with E-state index < -0.39 is 16.0 Å². The largest absolute Gasteiger partial charge is 0.465 e. The van der Waals surface area contributed by atoms with Crippen molar-refractivity contribution in [1.82, 2.24) is 0 Å². The van der Waals surface area contributed by atoms with E-state index in [4.69, 9.17) is 5.14 Å². The molecule has 2 rings (SSSR count). The van der Waals surface area contributed by atoms with Gasteiger partial charge in [-0.3, -0.25) is 0 Å². The van der Waals surface area contributed by atoms with Crippen molar-refractivity contribution in [2.75, 3.05) is 7.11 Å². The van der Waals surface area contributed by atoms with Crippen LogP contribution in [-0.4, -0.2) is 21.5 Å². The standard InChI is InChI=1S/C12H11NO4S2/c1-17-11(14)9-4-2-8(3-5-9)10-6-7-18-12(10)19(13,15)16/h2-7H,1H3,(H2,13,15,16). The molecule has 0 radical (unpaired) electrons. The minimum absolute atomic E-state index is 0.110. The Bertz CT molecular complexity index is 702. The van der Waals surface area contributed by atoms with Crippen molar-refractivity contribution < 1.29 is 17.9 Å². The summed E-state index contributed by atoms with van der Waals surface area (Å²) < 4.78 is 27.5. The highest BCUT2D eigenvalue weighted by molar-refractivity contribution is 7.91. The normalized spacial score (nSPS) is 11.3. The van der Waals surface area contributed by atoms with Crippen LogP contribution in [0.3, 0.4) is 0 Å². The topological polar surface area (TPSA) is 86.5 Å². The fourth-order valence-electron chi connectivity index (χ4n) is 1.63. The summed E-state index contributed by atoms with van der Waals surface area (Å²) in [6.45, 7) is 0. The van der Waals surface area contributed by atoms with Crippen LogP contribution in [0.15, 0.2) is 39.9 Å². The van der Waals surface area contributed by atoms with Gasteiger partial charge in [0.1, 0.15) is 4.21 Å². The van der Waals surface area contributed by atoms with Crippen molar-refractivity contribution in [3.63, 3.8) is 0 Å². The number of benzene rings is 1. The van der Waals surface area contributed by atoms with Crippen molar-refractivity contribution in [3.05, 3.63) is 41.3 Å². The second kappa shape index (κ2) is 5.12. The van der Waals surface area contributed by atoms with Crippen LogP contribution in [0.5, 0.6) is 0 Å². The van der Waals surface area contributed by atoms with E-state index in [0.717, 1.165) is 11.3 Å². The van der Waals surface area contributed by atoms with Gasteiger partial charge in [0.05, 0.1) is 12.7 Å². The van der Waals surface area contributed by atoms with Gasteiger partial charge in [-0.25, -0.2) is 18.4 Å². The van der Waals surface area contributed by atoms with Gasteiger partial charge in [0.15, 0.2) is 0 Å². The highest BCUT2D eigenvalue weighted by atomic mass is 32.2. The molecular weight excluding hydrogens is 286 g/mol. The third kappa shape index (κ3) is 2.83. The molecule has 0 spiro atoms. The number of nitrogens with two attached hydrogens (primary N) is 1. The monoisotopic (exact) mass is 297 g/mol. The highest BCUT2D eigenvalue weighted by Gasteiger charge is 2.17. The number of hydrogen-bond donors (Lipinski definition) is 1. The molecule has 0 saturated heterocycles. The molecule has 0 amide bonds. The predicted molar refractivity (Wildman–Crippen MR) is 72.5 cm³/mol. The summed E-state index contributed by atoms with van der Waals surface area (Å²) in [6, 6.07) is 8.14. The van der Waals surface area contributed by atoms with Crippen molar-refractivity contribution in [2.24, 2.45) is 5.14 Å². The van der Waals surface area contributed by atoms with Crippen LogP contribution in [-0.2, 0) is 14.8 Å². The summed E-state index contributed by atoms with van der Waals surface area (Å²) >= 11 is 1.06. The van der Waals surface area contributed by atoms with Gasteiger partial charge in [0, 0.05) is 5.56 Å². The number of methoxy groups -OCH3 is 1. The van der Waals surface area contributed by atoms with Crippen LogP contribution < -0.4 is 5.14 Å². The van der Waals surface area contributed by atoms with Crippen LogP contribution >= 0.6 is 11.3 Å². The maximum atomic E-state index is 11.4. The van der Waals surface area contributed by atoms with E-state index in [1.165, 1.54) is 7.11 Å². The van der Waals surface area contributed by atoms with Gasteiger partial charge < -0.3 is 4.74 Å². The van der Waals surface area contributed by atoms with Gasteiger partial charge in [-0.1, -0.05) is 12.1 Å². The molecule has 0 unspecified atom stereocenters. The molecule has 0 saturated carbocycles. The van der Waals surface area contributed by atoms with Gasteiger partial charge in [-0.15, -0.1) is 11.3 Å². The van der Waals surface area contributed by atoms with Crippen molar-refractivity contribution in [3.8, 4) is 11.1 Å². The fourth-order valence-corrected chi connectivity index (χ4v) is 3.47. The third-order valence-electron chi connectivity index (χ3n) is 2.51. The zero-order valence-corrected chi connectivity index (χ0v) is 11.6. The number of esters is 1. The van der Waals surface area contributed by atoms with Crippen LogP contribution in [0.4, 0.5) is 0 Å². The fraction of sp³-hybridized carbons (Fsp3) is 0.0833. The SMILES string of the molecule is COC(=O)c1ccc(-c2ccsc2S(N)(=O)=O)cc1. The number of rotatable bonds is 3. The number of carbonyl (C=O) groups excluding carboxylic acids is 1. The number of primary sulfonamides is 1. The van der Waals surface area contributed by atoms with Crippen LogP contribution in [0.2, 0.25) is 0 Å². The molecular formula is C12H11NO4S2. The molecule has 5 nitrogen and oxygen atoms in total. The summed E-state index contributed by atoms with van der Waals surface area (Å²) in [7, 11) is -2.44. The number of thiophene rings is 1. The molecule has 0 fully saturated rings. The number of hydrogen-bond acceptors (Lipinski definition) is 5. The van der Waals surface area contributed by atoms with Crippen molar-refractivity contribution in [2.45, 2.75) is 4.21 Å². The molecule has 1 heterocycles. The first-order valence-electron chi connectivity index (χ1n) is 5.22. The van der Waals surface area contributed by atoms with E-state index in [0.29, 0.717) is 16.7 Å². The van der Waals surface area contributed by atoms with Gasteiger partial charge in [0.2, 0.25) is 10.0 Å². The van der Waals surface area contributed by atoms with Gasteiger partial charge in [-0.2, -0.15) is 0 Å². The second-order valence-electron chi connectivity index (χ2n) is 3.74. The van der Waals surface area contributed by atoms with E-state index in [1.54, 1.807) is 35.7 Å². The zero-order valence-electron chi connectivity index (χ0n) is 9.99. The molecule has 2 N–H and O–H groups in total. The van der Waals surface area contributed by atoms with Gasteiger partial charge >= 0.3 is 5.97 Å². The van der Waals surface area contributed by atoms with E-state index >= 15 is 0 Å². The predicted octanol–water partition coefficient (Wildman–Crippen LogP) is 1.85. The lowest BCUT2D eigenvalue weighted by atomic mass is 10.1. The van der Waals surface area contributed by atoms with E-state index in [1.807, 2.05) is 0 Å². The Morgan fingerprint density at radius 3 is 2.37 bits per heavy atom. The molecule has 0 aliphatic heterocycles. The first-order chi connectivity index (χ1) is 8.93. The highest BCUT2D eigenvalue weighted by Crippen LogP contribution is 2.31. The molecule has 0 bridgehead atoms. The summed E-state index contributed by atoms with van der Waals surface area (Å²) in [5, 5.41) is 6.80. The average Bonchev–Trinajstić information content (AvgIpc) is 2.87. The number of carbonyl (C=O) groups is 1. The van der Waals surface area contributed by atoms with Crippen LogP contribution in [0, 0.1) is 0 Å². The van der Waals surface area contributed by atoms with Gasteiger partial charge in [-0.05, 0) is 29.1 Å². The molecule has 0 aliphatic carbocycles. The van der Waals surface area contributed by atoms with E-state index in [-0.39, 0.29) is 4.21 Å². The van der Waals surface area contributed by atoms with E-state index in [9.17, 15) is 13.2 Å². The molecule has 0 aliphatic rings. The quantitative estimate of drug-likeness (QED) is 0.876. The smallest absolute Gasteiger partial charge is 0.337 e. The first kappa shape index (κ1) is 13.7. The Morgan fingerprint density at radius 2 is 1.84 bits per heavy atom. The lowest BCUT2D eigenvalue weighted by Gasteiger charge is -2.04. The minimum atomic E-state index is -3.74. The Kier molecular flexibility index (Phi) is 3.70. The Hall–Kier alpha value is -1.70. The van der Waals surface area contributed by atoms with Crippen LogP contribution in [0.1, 0.15) is 10.4 Å². The van der Waals surface area contributed by atoms with Crippen LogP contribution in [0.25, 0.3) is 11.1 Å². The van der Waals surface area contributed by atoms with E-state index in [2.05, 4.69) is 4.74 Å². The van der Waals surface area contributed by atoms with Crippen molar-refractivity contribution >= 4 is 27.3 Å². The molecule has 19 heavy (non-hydrogen) atoms. The molecule has 2 aromatic rings. The zero-order chi connectivity index (χ0) is 14.0. The van der Waals surface area contributed by atoms with Gasteiger partial charge in [0.25, 0.3) is 0 Å². The molecule has 100 valence electrons. The summed E-state index contributed by atoms with van der Waals surface area (Å²) in [6.07, 6.45) is 0. The lowest BCUT2D eigenvalue weighted by molar-refractivity contribution is 0.0600.